The lowest BCUT2D eigenvalue weighted by Gasteiger charge is -2.30. The van der Waals surface area contributed by atoms with Crippen molar-refractivity contribution in [2.24, 2.45) is 5.92 Å². The molecule has 2 heterocycles. The van der Waals surface area contributed by atoms with Gasteiger partial charge in [-0.15, -0.1) is 0 Å². The molecule has 0 saturated carbocycles. The van der Waals surface area contributed by atoms with Crippen LogP contribution in [0.1, 0.15) is 40.2 Å². The van der Waals surface area contributed by atoms with E-state index in [2.05, 4.69) is 5.16 Å². The lowest BCUT2D eigenvalue weighted by atomic mass is 9.96. The van der Waals surface area contributed by atoms with E-state index in [1.807, 2.05) is 19.9 Å². The van der Waals surface area contributed by atoms with Crippen molar-refractivity contribution in [3.05, 3.63) is 46.8 Å². The van der Waals surface area contributed by atoms with E-state index >= 15 is 0 Å². The zero-order chi connectivity index (χ0) is 19.4. The van der Waals surface area contributed by atoms with E-state index in [0.29, 0.717) is 43.9 Å². The molecule has 7 nitrogen and oxygen atoms in total. The fourth-order valence-electron chi connectivity index (χ4n) is 3.25. The number of ether oxygens (including phenoxy) is 2. The number of methoxy groups -OCH3 is 1. The molecule has 0 aliphatic carbocycles. The predicted octanol–water partition coefficient (Wildman–Crippen LogP) is 2.90. The molecular formula is C20H24N2O5. The average molecular weight is 372 g/mol. The molecule has 1 fully saturated rings. The zero-order valence-electron chi connectivity index (χ0n) is 15.9. The van der Waals surface area contributed by atoms with Crippen LogP contribution in [0.4, 0.5) is 0 Å². The quantitative estimate of drug-likeness (QED) is 0.751. The second kappa shape index (κ2) is 8.24. The van der Waals surface area contributed by atoms with Crippen LogP contribution in [0.3, 0.4) is 0 Å². The molecule has 0 unspecified atom stereocenters. The van der Waals surface area contributed by atoms with Crippen molar-refractivity contribution in [1.82, 2.24) is 10.1 Å². The van der Waals surface area contributed by atoms with E-state index in [1.54, 1.807) is 23.1 Å². The Morgan fingerprint density at radius 3 is 2.63 bits per heavy atom. The van der Waals surface area contributed by atoms with Crippen molar-refractivity contribution in [2.75, 3.05) is 20.2 Å². The van der Waals surface area contributed by atoms with Gasteiger partial charge in [-0.25, -0.2) is 0 Å². The molecule has 1 aliphatic rings. The number of nitrogens with zero attached hydrogens (tertiary/aromatic N) is 2. The van der Waals surface area contributed by atoms with E-state index < -0.39 is 0 Å². The molecular weight excluding hydrogens is 348 g/mol. The van der Waals surface area contributed by atoms with Gasteiger partial charge in [0.05, 0.1) is 24.3 Å². The Labute approximate surface area is 158 Å². The minimum atomic E-state index is -0.197. The van der Waals surface area contributed by atoms with Crippen molar-refractivity contribution < 1.29 is 23.6 Å². The summed E-state index contributed by atoms with van der Waals surface area (Å²) in [6.45, 7) is 5.14. The number of rotatable bonds is 5. The first-order valence-corrected chi connectivity index (χ1v) is 9.01. The zero-order valence-corrected chi connectivity index (χ0v) is 15.9. The lowest BCUT2D eigenvalue weighted by Crippen LogP contribution is -2.40. The van der Waals surface area contributed by atoms with Crippen LogP contribution in [0.25, 0.3) is 0 Å². The number of amides is 1. The molecule has 1 aliphatic heterocycles. The van der Waals surface area contributed by atoms with Crippen LogP contribution in [-0.4, -0.2) is 42.1 Å². The van der Waals surface area contributed by atoms with Crippen LogP contribution in [0, 0.1) is 19.8 Å². The highest BCUT2D eigenvalue weighted by molar-refractivity contribution is 5.94. The normalized spacial score (nSPS) is 14.9. The maximum Gasteiger partial charge on any atom is 0.308 e. The second-order valence-electron chi connectivity index (χ2n) is 6.71. The number of likely N-dealkylation sites (tertiary alicyclic amines) is 1. The molecule has 1 aromatic heterocycles. The standard InChI is InChI=1S/C20H24N2O5/c1-13-18(14(2)27-21-13)12-26-17-6-4-5-16(11-17)19(23)22-9-7-15(8-10-22)20(24)25-3/h4-6,11,15H,7-10,12H2,1-3H3. The average Bonchev–Trinajstić information content (AvgIpc) is 3.03. The second-order valence-corrected chi connectivity index (χ2v) is 6.71. The van der Waals surface area contributed by atoms with Gasteiger partial charge in [-0.2, -0.15) is 0 Å². The number of aromatic nitrogens is 1. The summed E-state index contributed by atoms with van der Waals surface area (Å²) in [5, 5.41) is 3.91. The molecule has 7 heteroatoms. The molecule has 0 spiro atoms. The van der Waals surface area contributed by atoms with E-state index in [4.69, 9.17) is 14.0 Å². The summed E-state index contributed by atoms with van der Waals surface area (Å²) in [6, 6.07) is 7.14. The Bertz CT molecular complexity index is 802. The van der Waals surface area contributed by atoms with Gasteiger partial charge < -0.3 is 18.9 Å². The SMILES string of the molecule is COC(=O)C1CCN(C(=O)c2cccc(OCc3c(C)noc3C)c2)CC1. The van der Waals surface area contributed by atoms with Crippen molar-refractivity contribution >= 4 is 11.9 Å². The molecule has 0 bridgehead atoms. The summed E-state index contributed by atoms with van der Waals surface area (Å²) in [6.07, 6.45) is 1.25. The first-order valence-electron chi connectivity index (χ1n) is 9.01. The molecule has 1 amide bonds. The largest absolute Gasteiger partial charge is 0.489 e. The van der Waals surface area contributed by atoms with E-state index in [0.717, 1.165) is 17.0 Å². The van der Waals surface area contributed by atoms with Crippen molar-refractivity contribution in [2.45, 2.75) is 33.3 Å². The first kappa shape index (κ1) is 18.9. The molecule has 3 rings (SSSR count). The number of hydrogen-bond donors (Lipinski definition) is 0. The number of piperidine rings is 1. The van der Waals surface area contributed by atoms with Crippen LogP contribution in [0.5, 0.6) is 5.75 Å². The van der Waals surface area contributed by atoms with E-state index in [9.17, 15) is 9.59 Å². The lowest BCUT2D eigenvalue weighted by molar-refractivity contribution is -0.146. The third-order valence-electron chi connectivity index (χ3n) is 4.96. The molecule has 144 valence electrons. The van der Waals surface area contributed by atoms with E-state index in [1.165, 1.54) is 7.11 Å². The number of aryl methyl sites for hydroxylation is 2. The third kappa shape index (κ3) is 4.30. The summed E-state index contributed by atoms with van der Waals surface area (Å²) in [5.74, 6) is 0.972. The molecule has 2 aromatic rings. The Morgan fingerprint density at radius 1 is 1.26 bits per heavy atom. The van der Waals surface area contributed by atoms with Gasteiger partial charge in [-0.1, -0.05) is 11.2 Å². The predicted molar refractivity (Wildman–Crippen MR) is 97.4 cm³/mol. The summed E-state index contributed by atoms with van der Waals surface area (Å²) < 4.78 is 15.7. The van der Waals surface area contributed by atoms with Crippen LogP contribution >= 0.6 is 0 Å². The Balaban J connectivity index is 1.61. The van der Waals surface area contributed by atoms with Crippen molar-refractivity contribution in [3.8, 4) is 5.75 Å². The van der Waals surface area contributed by atoms with Crippen LogP contribution in [-0.2, 0) is 16.1 Å². The fourth-order valence-corrected chi connectivity index (χ4v) is 3.25. The molecule has 0 atom stereocenters. The number of benzene rings is 1. The number of hydrogen-bond acceptors (Lipinski definition) is 6. The molecule has 0 radical (unpaired) electrons. The Hall–Kier alpha value is -2.83. The minimum Gasteiger partial charge on any atom is -0.489 e. The molecule has 0 N–H and O–H groups in total. The Morgan fingerprint density at radius 2 is 2.00 bits per heavy atom. The maximum absolute atomic E-state index is 12.8. The third-order valence-corrected chi connectivity index (χ3v) is 4.96. The van der Waals surface area contributed by atoms with Crippen LogP contribution in [0.2, 0.25) is 0 Å². The van der Waals surface area contributed by atoms with Crippen LogP contribution < -0.4 is 4.74 Å². The summed E-state index contributed by atoms with van der Waals surface area (Å²) in [5.41, 5.74) is 2.28. The topological polar surface area (TPSA) is 81.9 Å². The molecule has 1 saturated heterocycles. The number of carbonyl (C=O) groups is 2. The summed E-state index contributed by atoms with van der Waals surface area (Å²) >= 11 is 0. The number of carbonyl (C=O) groups excluding carboxylic acids is 2. The van der Waals surface area contributed by atoms with Gasteiger partial charge in [0, 0.05) is 18.7 Å². The smallest absolute Gasteiger partial charge is 0.308 e. The monoisotopic (exact) mass is 372 g/mol. The van der Waals surface area contributed by atoms with Crippen molar-refractivity contribution in [3.63, 3.8) is 0 Å². The number of esters is 1. The molecule has 1 aromatic carbocycles. The highest BCUT2D eigenvalue weighted by Gasteiger charge is 2.28. The van der Waals surface area contributed by atoms with Crippen molar-refractivity contribution in [1.29, 1.82) is 0 Å². The van der Waals surface area contributed by atoms with Gasteiger partial charge in [0.25, 0.3) is 5.91 Å². The highest BCUT2D eigenvalue weighted by Crippen LogP contribution is 2.23. The van der Waals surface area contributed by atoms with Gasteiger partial charge in [-0.3, -0.25) is 9.59 Å². The maximum atomic E-state index is 12.8. The van der Waals surface area contributed by atoms with Gasteiger partial charge in [0.15, 0.2) is 0 Å². The van der Waals surface area contributed by atoms with E-state index in [-0.39, 0.29) is 17.8 Å². The summed E-state index contributed by atoms with van der Waals surface area (Å²) in [7, 11) is 1.40. The van der Waals surface area contributed by atoms with Gasteiger partial charge in [-0.05, 0) is 44.9 Å². The van der Waals surface area contributed by atoms with Gasteiger partial charge in [0.2, 0.25) is 0 Å². The summed E-state index contributed by atoms with van der Waals surface area (Å²) in [4.78, 5) is 26.2. The molecule has 27 heavy (non-hydrogen) atoms. The van der Waals surface area contributed by atoms with Gasteiger partial charge >= 0.3 is 5.97 Å². The highest BCUT2D eigenvalue weighted by atomic mass is 16.5. The Kier molecular flexibility index (Phi) is 5.78. The fraction of sp³-hybridized carbons (Fsp3) is 0.450. The minimum absolute atomic E-state index is 0.0545. The van der Waals surface area contributed by atoms with Crippen LogP contribution in [0.15, 0.2) is 28.8 Å². The first-order chi connectivity index (χ1) is 13.0. The van der Waals surface area contributed by atoms with Gasteiger partial charge in [0.1, 0.15) is 18.1 Å².